The summed E-state index contributed by atoms with van der Waals surface area (Å²) in [5.41, 5.74) is -0.0873. The standard InChI is InChI=1S/C13H16BrFO2/c1-3-13(4-2,12(16)17)8-9-5-10(14)7-11(15)6-9/h5-7H,3-4,8H2,1-2H3,(H,16,17). The Hall–Kier alpha value is -0.900. The monoisotopic (exact) mass is 302 g/mol. The maximum absolute atomic E-state index is 13.2. The van der Waals surface area contributed by atoms with E-state index >= 15 is 0 Å². The average molecular weight is 303 g/mol. The largest absolute Gasteiger partial charge is 0.481 e. The summed E-state index contributed by atoms with van der Waals surface area (Å²) in [6.45, 7) is 3.71. The molecule has 0 bridgehead atoms. The van der Waals surface area contributed by atoms with Crippen LogP contribution >= 0.6 is 15.9 Å². The van der Waals surface area contributed by atoms with E-state index in [-0.39, 0.29) is 5.82 Å². The minimum Gasteiger partial charge on any atom is -0.481 e. The Balaban J connectivity index is 3.05. The number of carboxylic acid groups (broad SMARTS) is 1. The van der Waals surface area contributed by atoms with Gasteiger partial charge < -0.3 is 5.11 Å². The summed E-state index contributed by atoms with van der Waals surface area (Å²) >= 11 is 3.21. The second kappa shape index (κ2) is 5.63. The van der Waals surface area contributed by atoms with E-state index in [0.717, 1.165) is 0 Å². The van der Waals surface area contributed by atoms with Crippen LogP contribution < -0.4 is 0 Å². The van der Waals surface area contributed by atoms with Crippen LogP contribution in [0.5, 0.6) is 0 Å². The number of hydrogen-bond acceptors (Lipinski definition) is 1. The highest BCUT2D eigenvalue weighted by molar-refractivity contribution is 9.10. The van der Waals surface area contributed by atoms with Crippen LogP contribution in [-0.2, 0) is 11.2 Å². The molecule has 0 heterocycles. The van der Waals surface area contributed by atoms with Crippen LogP contribution in [0.3, 0.4) is 0 Å². The maximum atomic E-state index is 13.2. The lowest BCUT2D eigenvalue weighted by atomic mass is 9.77. The molecule has 0 saturated heterocycles. The highest BCUT2D eigenvalue weighted by Crippen LogP contribution is 2.32. The summed E-state index contributed by atoms with van der Waals surface area (Å²) in [7, 11) is 0. The van der Waals surface area contributed by atoms with Gasteiger partial charge in [-0.2, -0.15) is 0 Å². The maximum Gasteiger partial charge on any atom is 0.309 e. The first kappa shape index (κ1) is 14.2. The van der Waals surface area contributed by atoms with Crippen molar-refractivity contribution in [2.75, 3.05) is 0 Å². The van der Waals surface area contributed by atoms with Gasteiger partial charge in [0.05, 0.1) is 5.41 Å². The molecule has 0 spiro atoms. The summed E-state index contributed by atoms with van der Waals surface area (Å²) in [5.74, 6) is -1.16. The van der Waals surface area contributed by atoms with Gasteiger partial charge in [0, 0.05) is 4.47 Å². The molecule has 0 amide bonds. The second-order valence-corrected chi connectivity index (χ2v) is 5.16. The molecule has 0 unspecified atom stereocenters. The van der Waals surface area contributed by atoms with Gasteiger partial charge in [-0.05, 0) is 43.0 Å². The van der Waals surface area contributed by atoms with E-state index in [9.17, 15) is 14.3 Å². The summed E-state index contributed by atoms with van der Waals surface area (Å²) in [5, 5.41) is 9.32. The third-order valence-corrected chi connectivity index (χ3v) is 3.73. The molecule has 0 aromatic heterocycles. The zero-order valence-corrected chi connectivity index (χ0v) is 11.6. The van der Waals surface area contributed by atoms with E-state index in [0.29, 0.717) is 29.3 Å². The first-order valence-electron chi connectivity index (χ1n) is 5.62. The Kier molecular flexibility index (Phi) is 4.69. The van der Waals surface area contributed by atoms with E-state index in [1.165, 1.54) is 12.1 Å². The number of rotatable bonds is 5. The smallest absolute Gasteiger partial charge is 0.309 e. The molecule has 1 aromatic rings. The van der Waals surface area contributed by atoms with Crippen LogP contribution in [0.25, 0.3) is 0 Å². The van der Waals surface area contributed by atoms with Crippen molar-refractivity contribution >= 4 is 21.9 Å². The average Bonchev–Trinajstić information content (AvgIpc) is 2.24. The normalized spacial score (nSPS) is 11.5. The number of carbonyl (C=O) groups is 1. The van der Waals surface area contributed by atoms with Crippen LogP contribution in [0.2, 0.25) is 0 Å². The van der Waals surface area contributed by atoms with Gasteiger partial charge in [-0.3, -0.25) is 4.79 Å². The predicted molar refractivity (Wildman–Crippen MR) is 68.5 cm³/mol. The molecule has 1 rings (SSSR count). The highest BCUT2D eigenvalue weighted by Gasteiger charge is 2.34. The third-order valence-electron chi connectivity index (χ3n) is 3.27. The molecule has 17 heavy (non-hydrogen) atoms. The zero-order valence-electron chi connectivity index (χ0n) is 9.96. The van der Waals surface area contributed by atoms with Gasteiger partial charge >= 0.3 is 5.97 Å². The number of hydrogen-bond donors (Lipinski definition) is 1. The predicted octanol–water partition coefficient (Wildman–Crippen LogP) is 4.02. The Labute approximate surface area is 109 Å². The van der Waals surface area contributed by atoms with Crippen LogP contribution in [0.1, 0.15) is 32.3 Å². The Morgan fingerprint density at radius 1 is 1.35 bits per heavy atom. The van der Waals surface area contributed by atoms with Gasteiger partial charge in [0.1, 0.15) is 5.82 Å². The van der Waals surface area contributed by atoms with Crippen LogP contribution in [0, 0.1) is 11.2 Å². The van der Waals surface area contributed by atoms with Crippen molar-refractivity contribution in [3.63, 3.8) is 0 Å². The molecule has 4 heteroatoms. The molecule has 1 N–H and O–H groups in total. The van der Waals surface area contributed by atoms with Gasteiger partial charge in [-0.1, -0.05) is 29.8 Å². The van der Waals surface area contributed by atoms with Crippen LogP contribution in [0.15, 0.2) is 22.7 Å². The van der Waals surface area contributed by atoms with Gasteiger partial charge in [0.15, 0.2) is 0 Å². The molecular formula is C13H16BrFO2. The second-order valence-electron chi connectivity index (χ2n) is 4.25. The molecule has 94 valence electrons. The SMILES string of the molecule is CCC(CC)(Cc1cc(F)cc(Br)c1)C(=O)O. The Morgan fingerprint density at radius 2 is 1.94 bits per heavy atom. The third kappa shape index (κ3) is 3.28. The Morgan fingerprint density at radius 3 is 2.35 bits per heavy atom. The van der Waals surface area contributed by atoms with E-state index in [4.69, 9.17) is 0 Å². The lowest BCUT2D eigenvalue weighted by Crippen LogP contribution is -2.32. The highest BCUT2D eigenvalue weighted by atomic mass is 79.9. The van der Waals surface area contributed by atoms with E-state index in [1.807, 2.05) is 13.8 Å². The van der Waals surface area contributed by atoms with Crippen LogP contribution in [-0.4, -0.2) is 11.1 Å². The van der Waals surface area contributed by atoms with Crippen molar-refractivity contribution in [2.24, 2.45) is 5.41 Å². The molecule has 0 saturated carbocycles. The molecule has 0 aliphatic heterocycles. The number of halogens is 2. The van der Waals surface area contributed by atoms with Crippen molar-refractivity contribution in [3.05, 3.63) is 34.1 Å². The summed E-state index contributed by atoms with van der Waals surface area (Å²) in [6, 6.07) is 4.53. The fourth-order valence-electron chi connectivity index (χ4n) is 1.98. The summed E-state index contributed by atoms with van der Waals surface area (Å²) in [4.78, 5) is 11.4. The first-order chi connectivity index (χ1) is 7.93. The van der Waals surface area contributed by atoms with Crippen LogP contribution in [0.4, 0.5) is 4.39 Å². The van der Waals surface area contributed by atoms with Crippen molar-refractivity contribution in [1.29, 1.82) is 0 Å². The van der Waals surface area contributed by atoms with E-state index in [2.05, 4.69) is 15.9 Å². The molecule has 0 atom stereocenters. The molecule has 1 aromatic carbocycles. The minimum atomic E-state index is -0.817. The molecule has 0 fully saturated rings. The van der Waals surface area contributed by atoms with E-state index < -0.39 is 11.4 Å². The van der Waals surface area contributed by atoms with Crippen molar-refractivity contribution in [2.45, 2.75) is 33.1 Å². The first-order valence-corrected chi connectivity index (χ1v) is 6.41. The number of aliphatic carboxylic acids is 1. The Bertz CT molecular complexity index is 394. The minimum absolute atomic E-state index is 0.346. The van der Waals surface area contributed by atoms with Crippen molar-refractivity contribution < 1.29 is 14.3 Å². The van der Waals surface area contributed by atoms with E-state index in [1.54, 1.807) is 6.07 Å². The fourth-order valence-corrected chi connectivity index (χ4v) is 2.49. The summed E-state index contributed by atoms with van der Waals surface area (Å²) < 4.78 is 13.9. The quantitative estimate of drug-likeness (QED) is 0.892. The lowest BCUT2D eigenvalue weighted by molar-refractivity contribution is -0.149. The number of carboxylic acids is 1. The van der Waals surface area contributed by atoms with Crippen molar-refractivity contribution in [3.8, 4) is 0 Å². The van der Waals surface area contributed by atoms with Gasteiger partial charge in [0.25, 0.3) is 0 Å². The van der Waals surface area contributed by atoms with Gasteiger partial charge in [-0.25, -0.2) is 4.39 Å². The lowest BCUT2D eigenvalue weighted by Gasteiger charge is -2.26. The van der Waals surface area contributed by atoms with Gasteiger partial charge in [-0.15, -0.1) is 0 Å². The molecule has 0 aliphatic rings. The molecule has 0 aliphatic carbocycles. The zero-order chi connectivity index (χ0) is 13.1. The topological polar surface area (TPSA) is 37.3 Å². The van der Waals surface area contributed by atoms with Crippen molar-refractivity contribution in [1.82, 2.24) is 0 Å². The molecule has 2 nitrogen and oxygen atoms in total. The molecular weight excluding hydrogens is 287 g/mol. The number of benzene rings is 1. The van der Waals surface area contributed by atoms with Gasteiger partial charge in [0.2, 0.25) is 0 Å². The fraction of sp³-hybridized carbons (Fsp3) is 0.462. The molecule has 0 radical (unpaired) electrons. The summed E-state index contributed by atoms with van der Waals surface area (Å²) in [6.07, 6.45) is 1.42.